The number of halogens is 2. The molecule has 82 heavy (non-hydrogen) atoms. The molecule has 0 saturated carbocycles. The van der Waals surface area contributed by atoms with Gasteiger partial charge in [0.1, 0.15) is 0 Å². The van der Waals surface area contributed by atoms with Crippen LogP contribution in [0.5, 0.6) is 0 Å². The molecule has 0 fully saturated rings. The minimum absolute atomic E-state index is 0.164. The SMILES string of the molecule is CCCCC1=Cc2c(ccc(-c3ccccc3)c2-c2cc([Si](C)(C)C)cc([Si](C)(C)C)c2)[CH]1[Zr]([Cl])([Cl])([c]1cccc2c1[SiH2]c1ccccc1-2)[CH]1C(CCCC)=Cc2c1ccc(-c1ccccc1)c2-c1cc([Si](C)(C)C)cc([Si](C)(C)C)c1. The molecule has 0 spiro atoms. The van der Waals surface area contributed by atoms with Gasteiger partial charge in [0.2, 0.25) is 0 Å². The second kappa shape index (κ2) is 22.3. The molecule has 1 heterocycles. The summed E-state index contributed by atoms with van der Waals surface area (Å²) in [5, 5.41) is 9.10. The molecule has 8 aromatic rings. The predicted molar refractivity (Wildman–Crippen MR) is 378 cm³/mol. The quantitative estimate of drug-likeness (QED) is 0.0797. The number of allylic oxidation sites excluding steroid dienone is 2. The molecule has 0 amide bonds. The number of unbranched alkanes of at least 4 members (excludes halogenated alkanes) is 2. The molecule has 2 aliphatic carbocycles. The fraction of sp³-hybridized carbons (Fsp3) is 0.297. The first-order valence-corrected chi connectivity index (χ1v) is 56.6. The van der Waals surface area contributed by atoms with E-state index < -0.39 is 58.2 Å². The van der Waals surface area contributed by atoms with Crippen LogP contribution in [0.4, 0.5) is 0 Å². The van der Waals surface area contributed by atoms with Crippen molar-refractivity contribution in [2.45, 2.75) is 138 Å². The van der Waals surface area contributed by atoms with E-state index >= 15 is 0 Å². The van der Waals surface area contributed by atoms with Gasteiger partial charge in [-0.2, -0.15) is 0 Å². The van der Waals surface area contributed by atoms with Gasteiger partial charge in [-0.3, -0.25) is 0 Å². The Labute approximate surface area is 508 Å². The third kappa shape index (κ3) is 10.7. The maximum atomic E-state index is 9.95. The first-order valence-electron chi connectivity index (χ1n) is 30.8. The summed E-state index contributed by atoms with van der Waals surface area (Å²) in [6, 6.07) is 64.4. The maximum absolute atomic E-state index is 9.95. The van der Waals surface area contributed by atoms with Crippen molar-refractivity contribution in [2.75, 3.05) is 0 Å². The van der Waals surface area contributed by atoms with Crippen LogP contribution in [0.15, 0.2) is 175 Å². The Kier molecular flexibility index (Phi) is 16.1. The molecule has 0 radical (unpaired) electrons. The van der Waals surface area contributed by atoms with Crippen LogP contribution in [-0.4, -0.2) is 41.8 Å². The number of fused-ring (bicyclic) bond motifs is 5. The Morgan fingerprint density at radius 3 is 1.20 bits per heavy atom. The van der Waals surface area contributed by atoms with Crippen molar-refractivity contribution in [2.24, 2.45) is 0 Å². The molecule has 421 valence electrons. The fourth-order valence-electron chi connectivity index (χ4n) is 14.2. The number of hydrogen-bond donors (Lipinski definition) is 0. The second-order valence-electron chi connectivity index (χ2n) is 28.6. The summed E-state index contributed by atoms with van der Waals surface area (Å²) >= 11 is -6.00. The van der Waals surface area contributed by atoms with Gasteiger partial charge in [0.25, 0.3) is 0 Å². The van der Waals surface area contributed by atoms with E-state index in [2.05, 4.69) is 268 Å². The first kappa shape index (κ1) is 59.5. The normalized spacial score (nSPS) is 16.8. The first-order chi connectivity index (χ1) is 38.8. The van der Waals surface area contributed by atoms with Crippen molar-refractivity contribution in [3.8, 4) is 55.6 Å². The van der Waals surface area contributed by atoms with Gasteiger partial charge >= 0.3 is 513 Å². The van der Waals surface area contributed by atoms with Crippen molar-refractivity contribution >= 4 is 105 Å². The molecule has 11 rings (SSSR count). The van der Waals surface area contributed by atoms with Crippen molar-refractivity contribution in [3.05, 3.63) is 197 Å². The van der Waals surface area contributed by atoms with E-state index in [-0.39, 0.29) is 7.25 Å². The van der Waals surface area contributed by atoms with E-state index in [1.165, 1.54) is 123 Å². The molecule has 0 nitrogen and oxygen atoms in total. The summed E-state index contributed by atoms with van der Waals surface area (Å²) in [4.78, 5) is 0. The molecule has 8 aromatic carbocycles. The zero-order chi connectivity index (χ0) is 58.3. The van der Waals surface area contributed by atoms with Crippen LogP contribution in [0.2, 0.25) is 78.6 Å². The van der Waals surface area contributed by atoms with Gasteiger partial charge in [0.15, 0.2) is 0 Å². The van der Waals surface area contributed by atoms with Crippen LogP contribution in [0, 0.1) is 0 Å². The van der Waals surface area contributed by atoms with Crippen molar-refractivity contribution < 1.29 is 16.4 Å². The molecule has 2 unspecified atom stereocenters. The summed E-state index contributed by atoms with van der Waals surface area (Å²) in [6.45, 7) is 34.9. The number of benzene rings is 8. The van der Waals surface area contributed by atoms with Gasteiger partial charge in [-0.1, -0.05) is 0 Å². The molecule has 0 saturated heterocycles. The van der Waals surface area contributed by atoms with Gasteiger partial charge in [0.05, 0.1) is 0 Å². The monoisotopic (exact) mass is 1280 g/mol. The van der Waals surface area contributed by atoms with E-state index in [1.807, 2.05) is 0 Å². The van der Waals surface area contributed by atoms with Crippen LogP contribution in [0.1, 0.15) is 81.9 Å². The fourth-order valence-corrected chi connectivity index (χ4v) is 47.1. The molecule has 2 atom stereocenters. The van der Waals surface area contributed by atoms with E-state index in [4.69, 9.17) is 0 Å². The molecular formula is C74H87Cl2Si5Zr. The minimum atomic E-state index is -6.00. The Bertz CT molecular complexity index is 3580. The Balaban J connectivity index is 1.28. The summed E-state index contributed by atoms with van der Waals surface area (Å²) in [6.07, 6.45) is 11.6. The van der Waals surface area contributed by atoms with Crippen LogP contribution in [-0.2, 0) is 16.4 Å². The van der Waals surface area contributed by atoms with Crippen molar-refractivity contribution in [1.29, 1.82) is 0 Å². The number of rotatable bonds is 17. The average Bonchev–Trinajstić information content (AvgIpc) is 1.50. The zero-order valence-corrected chi connectivity index (χ0v) is 61.0. The van der Waals surface area contributed by atoms with Crippen LogP contribution >= 0.6 is 17.0 Å². The summed E-state index contributed by atoms with van der Waals surface area (Å²) in [5.74, 6) is 0. The molecule has 3 aliphatic rings. The van der Waals surface area contributed by atoms with E-state index in [0.29, 0.717) is 0 Å². The Morgan fingerprint density at radius 1 is 0.402 bits per heavy atom. The van der Waals surface area contributed by atoms with Crippen LogP contribution in [0.25, 0.3) is 67.8 Å². The molecule has 8 heteroatoms. The molecular weight excluding hydrogens is 1190 g/mol. The van der Waals surface area contributed by atoms with Crippen molar-refractivity contribution in [3.63, 3.8) is 0 Å². The summed E-state index contributed by atoms with van der Waals surface area (Å²) in [7, 11) is 11.8. The molecule has 0 bridgehead atoms. The third-order valence-electron chi connectivity index (χ3n) is 18.7. The number of hydrogen-bond acceptors (Lipinski definition) is 0. The van der Waals surface area contributed by atoms with E-state index in [0.717, 1.165) is 38.5 Å². The average molecular weight is 1280 g/mol. The summed E-state index contributed by atoms with van der Waals surface area (Å²) < 4.78 is 0.988. The Morgan fingerprint density at radius 2 is 0.793 bits per heavy atom. The zero-order valence-electron chi connectivity index (χ0n) is 51.6. The molecule has 1 aliphatic heterocycles. The predicted octanol–water partition coefficient (Wildman–Crippen LogP) is 17.9. The van der Waals surface area contributed by atoms with Gasteiger partial charge < -0.3 is 0 Å². The van der Waals surface area contributed by atoms with Crippen molar-refractivity contribution in [1.82, 2.24) is 0 Å². The molecule has 0 N–H and O–H groups in total. The Hall–Kier alpha value is -4.21. The van der Waals surface area contributed by atoms with Gasteiger partial charge in [-0.25, -0.2) is 0 Å². The topological polar surface area (TPSA) is 0 Å². The van der Waals surface area contributed by atoms with Gasteiger partial charge in [-0.05, 0) is 0 Å². The van der Waals surface area contributed by atoms with Gasteiger partial charge in [-0.15, -0.1) is 0 Å². The molecule has 0 aromatic heterocycles. The van der Waals surface area contributed by atoms with Crippen LogP contribution in [0.3, 0.4) is 0 Å². The van der Waals surface area contributed by atoms with E-state index in [9.17, 15) is 17.0 Å². The third-order valence-corrected chi connectivity index (χ3v) is 49.6. The second-order valence-corrected chi connectivity index (χ2v) is 71.4. The van der Waals surface area contributed by atoms with E-state index in [1.54, 1.807) is 0 Å². The van der Waals surface area contributed by atoms with Gasteiger partial charge in [0, 0.05) is 0 Å². The summed E-state index contributed by atoms with van der Waals surface area (Å²) in [5.41, 5.74) is 21.4. The standard InChI is InChI=1S/2C31H39Si2.C12H9Si.2ClH.Zr/c2*1-8-9-13-23-18-25-16-17-29(24-14-11-10-12-15-24)31(30(25)19-23)26-20-27(32(2,3)4)22-28(21-26)33(5,6)7;1-3-7-11-9(5-1)10-6-2-4-8-12(10)13-11;;;/h2*10-12,14-22H,8-9,13H2,1-7H3;1-7H,13H2;2*1H;/q;;;;;+2/p-2. The van der Waals surface area contributed by atoms with Crippen LogP contribution < -0.4 is 34.4 Å².